The Morgan fingerprint density at radius 3 is 1.88 bits per heavy atom. The van der Waals surface area contributed by atoms with E-state index in [1.54, 1.807) is 4.90 Å². The minimum absolute atomic E-state index is 0.0301. The Morgan fingerprint density at radius 1 is 0.818 bits per heavy atom. The molecule has 1 fully saturated rings. The van der Waals surface area contributed by atoms with Gasteiger partial charge in [-0.3, -0.25) is 4.79 Å². The number of benzene rings is 3. The third-order valence-corrected chi connectivity index (χ3v) is 6.49. The first-order chi connectivity index (χ1) is 15.8. The van der Waals surface area contributed by atoms with Gasteiger partial charge in [0.25, 0.3) is 5.91 Å². The average Bonchev–Trinajstić information content (AvgIpc) is 2.79. The number of hydrogen-bond donors (Lipinski definition) is 0. The molecule has 3 atom stereocenters. The number of morpholine rings is 1. The van der Waals surface area contributed by atoms with Gasteiger partial charge in [0, 0.05) is 30.1 Å². The van der Waals surface area contributed by atoms with Crippen molar-refractivity contribution in [2.24, 2.45) is 0 Å². The summed E-state index contributed by atoms with van der Waals surface area (Å²) in [5, 5.41) is 1.32. The Bertz CT molecular complexity index is 1080. The molecule has 1 aliphatic heterocycles. The van der Waals surface area contributed by atoms with Crippen molar-refractivity contribution in [2.75, 3.05) is 21.1 Å². The fourth-order valence-electron chi connectivity index (χ4n) is 4.34. The van der Waals surface area contributed by atoms with Crippen LogP contribution < -0.4 is 0 Å². The minimum Gasteiger partial charge on any atom is -0.358 e. The largest absolute Gasteiger partial charge is 0.358 e. The van der Waals surface area contributed by atoms with Gasteiger partial charge in [-0.25, -0.2) is 0 Å². The Hall–Kier alpha value is -2.37. The molecule has 0 saturated carbocycles. The summed E-state index contributed by atoms with van der Waals surface area (Å²) < 4.78 is 6.52. The molecule has 1 saturated heterocycles. The predicted molar refractivity (Wildman–Crippen MR) is 134 cm³/mol. The maximum atomic E-state index is 13.4. The first-order valence-electron chi connectivity index (χ1n) is 11.0. The molecule has 0 aromatic heterocycles. The molecular weight excluding hydrogens is 455 g/mol. The molecule has 3 aromatic rings. The summed E-state index contributed by atoms with van der Waals surface area (Å²) in [6.07, 6.45) is -0.383. The quantitative estimate of drug-likeness (QED) is 0.435. The van der Waals surface area contributed by atoms with Gasteiger partial charge in [-0.2, -0.15) is 0 Å². The zero-order valence-corrected chi connectivity index (χ0v) is 20.6. The molecule has 1 aliphatic rings. The molecule has 4 rings (SSSR count). The lowest BCUT2D eigenvalue weighted by atomic mass is 9.91. The molecule has 6 heteroatoms. The highest BCUT2D eigenvalue weighted by molar-refractivity contribution is 6.30. The first kappa shape index (κ1) is 23.8. The van der Waals surface area contributed by atoms with Crippen molar-refractivity contribution in [2.45, 2.75) is 31.2 Å². The highest BCUT2D eigenvalue weighted by Crippen LogP contribution is 2.42. The second-order valence-electron chi connectivity index (χ2n) is 8.80. The second-order valence-corrected chi connectivity index (χ2v) is 9.67. The standard InChI is InChI=1S/C27H28Cl2N2O2/c1-30(2)17-19-6-4-18(5-7-19)16-24-27(32)31(3)25(20-8-12-22(28)13-9-20)26(33-24)21-10-14-23(29)15-11-21/h4-15,24-26H,16-17H2,1-3H3/t24-,25+,26-/m1/s1. The van der Waals surface area contributed by atoms with Gasteiger partial charge in [-0.05, 0) is 60.6 Å². The monoisotopic (exact) mass is 482 g/mol. The highest BCUT2D eigenvalue weighted by atomic mass is 35.5. The van der Waals surface area contributed by atoms with Crippen LogP contribution in [0.4, 0.5) is 0 Å². The van der Waals surface area contributed by atoms with Crippen molar-refractivity contribution < 1.29 is 9.53 Å². The average molecular weight is 483 g/mol. The van der Waals surface area contributed by atoms with Crippen LogP contribution >= 0.6 is 23.2 Å². The summed E-state index contributed by atoms with van der Waals surface area (Å²) >= 11 is 12.2. The van der Waals surface area contributed by atoms with Gasteiger partial charge < -0.3 is 14.5 Å². The summed E-state index contributed by atoms with van der Waals surface area (Å²) in [5.74, 6) is -0.0301. The number of carbonyl (C=O) groups excluding carboxylic acids is 1. The van der Waals surface area contributed by atoms with Crippen molar-refractivity contribution in [3.63, 3.8) is 0 Å². The summed E-state index contributed by atoms with van der Waals surface area (Å²) in [7, 11) is 5.94. The molecule has 1 heterocycles. The maximum Gasteiger partial charge on any atom is 0.252 e. The van der Waals surface area contributed by atoms with Crippen molar-refractivity contribution in [3.8, 4) is 0 Å². The molecule has 0 spiro atoms. The lowest BCUT2D eigenvalue weighted by molar-refractivity contribution is -0.171. The van der Waals surface area contributed by atoms with E-state index in [1.807, 2.05) is 69.7 Å². The van der Waals surface area contributed by atoms with Crippen LogP contribution in [0.15, 0.2) is 72.8 Å². The lowest BCUT2D eigenvalue weighted by Gasteiger charge is -2.43. The van der Waals surface area contributed by atoms with E-state index in [0.717, 1.165) is 23.2 Å². The molecule has 0 N–H and O–H groups in total. The third-order valence-electron chi connectivity index (χ3n) is 5.99. The fourth-order valence-corrected chi connectivity index (χ4v) is 4.60. The van der Waals surface area contributed by atoms with Gasteiger partial charge in [-0.1, -0.05) is 71.7 Å². The number of amides is 1. The van der Waals surface area contributed by atoms with Crippen LogP contribution in [0.5, 0.6) is 0 Å². The van der Waals surface area contributed by atoms with Crippen molar-refractivity contribution >= 4 is 29.1 Å². The third kappa shape index (κ3) is 5.59. The van der Waals surface area contributed by atoms with Gasteiger partial charge in [0.2, 0.25) is 0 Å². The molecule has 0 aliphatic carbocycles. The normalized spacial score (nSPS) is 21.0. The zero-order chi connectivity index (χ0) is 23.5. The molecule has 172 valence electrons. The van der Waals surface area contributed by atoms with Crippen LogP contribution in [0.2, 0.25) is 10.0 Å². The van der Waals surface area contributed by atoms with Crippen molar-refractivity contribution in [1.82, 2.24) is 9.80 Å². The van der Waals surface area contributed by atoms with Gasteiger partial charge in [0.1, 0.15) is 12.2 Å². The van der Waals surface area contributed by atoms with E-state index in [0.29, 0.717) is 16.5 Å². The SMILES string of the molecule is CN(C)Cc1ccc(C[C@H]2O[C@H](c3ccc(Cl)cc3)[C@H](c3ccc(Cl)cc3)N(C)C2=O)cc1. The van der Waals surface area contributed by atoms with Gasteiger partial charge in [0.15, 0.2) is 0 Å². The Kier molecular flexibility index (Phi) is 7.40. The predicted octanol–water partition coefficient (Wildman–Crippen LogP) is 5.94. The fraction of sp³-hybridized carbons (Fsp3) is 0.296. The number of hydrogen-bond acceptors (Lipinski definition) is 3. The summed E-state index contributed by atoms with van der Waals surface area (Å²) in [6, 6.07) is 23.3. The zero-order valence-electron chi connectivity index (χ0n) is 19.0. The van der Waals surface area contributed by atoms with Gasteiger partial charge in [-0.15, -0.1) is 0 Å². The van der Waals surface area contributed by atoms with E-state index in [4.69, 9.17) is 27.9 Å². The van der Waals surface area contributed by atoms with Crippen LogP contribution in [0.25, 0.3) is 0 Å². The number of ether oxygens (including phenoxy) is 1. The van der Waals surface area contributed by atoms with Crippen LogP contribution in [0.3, 0.4) is 0 Å². The number of likely N-dealkylation sites (N-methyl/N-ethyl adjacent to an activating group) is 1. The molecule has 4 nitrogen and oxygen atoms in total. The smallest absolute Gasteiger partial charge is 0.252 e. The summed E-state index contributed by atoms with van der Waals surface area (Å²) in [4.78, 5) is 17.3. The topological polar surface area (TPSA) is 32.8 Å². The van der Waals surface area contributed by atoms with E-state index in [-0.39, 0.29) is 18.1 Å². The second kappa shape index (κ2) is 10.3. The van der Waals surface area contributed by atoms with Crippen molar-refractivity contribution in [3.05, 3.63) is 105 Å². The summed E-state index contributed by atoms with van der Waals surface area (Å²) in [6.45, 7) is 0.878. The van der Waals surface area contributed by atoms with E-state index in [9.17, 15) is 4.79 Å². The van der Waals surface area contributed by atoms with E-state index in [2.05, 4.69) is 29.2 Å². The van der Waals surface area contributed by atoms with Gasteiger partial charge in [0.05, 0.1) is 6.04 Å². The lowest BCUT2D eigenvalue weighted by Crippen LogP contribution is -2.49. The first-order valence-corrected chi connectivity index (χ1v) is 11.7. The van der Waals surface area contributed by atoms with E-state index >= 15 is 0 Å². The molecule has 0 unspecified atom stereocenters. The Labute approximate surface area is 205 Å². The maximum absolute atomic E-state index is 13.4. The molecule has 0 radical (unpaired) electrons. The Balaban J connectivity index is 1.62. The van der Waals surface area contributed by atoms with Crippen molar-refractivity contribution in [1.29, 1.82) is 0 Å². The molecular formula is C27H28Cl2N2O2. The van der Waals surface area contributed by atoms with Crippen LogP contribution in [0, 0.1) is 0 Å². The number of carbonyl (C=O) groups is 1. The molecule has 3 aromatic carbocycles. The minimum atomic E-state index is -0.570. The van der Waals surface area contributed by atoms with Crippen LogP contribution in [0.1, 0.15) is 34.4 Å². The molecule has 0 bridgehead atoms. The number of halogens is 2. The van der Waals surface area contributed by atoms with Crippen LogP contribution in [-0.4, -0.2) is 43.0 Å². The highest BCUT2D eigenvalue weighted by Gasteiger charge is 2.42. The van der Waals surface area contributed by atoms with E-state index < -0.39 is 6.10 Å². The van der Waals surface area contributed by atoms with Gasteiger partial charge >= 0.3 is 0 Å². The molecule has 33 heavy (non-hydrogen) atoms. The van der Waals surface area contributed by atoms with Crippen LogP contribution in [-0.2, 0) is 22.5 Å². The Morgan fingerprint density at radius 2 is 1.33 bits per heavy atom. The van der Waals surface area contributed by atoms with E-state index in [1.165, 1.54) is 5.56 Å². The number of rotatable bonds is 6. The molecule has 1 amide bonds. The number of nitrogens with zero attached hydrogens (tertiary/aromatic N) is 2. The summed E-state index contributed by atoms with van der Waals surface area (Å²) in [5.41, 5.74) is 4.26.